The van der Waals surface area contributed by atoms with Gasteiger partial charge in [-0.05, 0) is 30.0 Å². The first-order valence-corrected chi connectivity index (χ1v) is 7.28. The third-order valence-electron chi connectivity index (χ3n) is 3.11. The number of halogens is 1. The summed E-state index contributed by atoms with van der Waals surface area (Å²) in [6.07, 6.45) is 0. The smallest absolute Gasteiger partial charge is 0.270 e. The van der Waals surface area contributed by atoms with E-state index in [1.807, 2.05) is 24.4 Å². The average Bonchev–Trinajstić information content (AvgIpc) is 2.77. The van der Waals surface area contributed by atoms with Crippen LogP contribution in [-0.2, 0) is 4.79 Å². The van der Waals surface area contributed by atoms with E-state index in [4.69, 9.17) is 11.6 Å². The van der Waals surface area contributed by atoms with Crippen LogP contribution in [0.3, 0.4) is 0 Å². The first-order valence-electron chi connectivity index (χ1n) is 6.02. The summed E-state index contributed by atoms with van der Waals surface area (Å²) in [7, 11) is 0. The van der Waals surface area contributed by atoms with Crippen LogP contribution in [0.2, 0.25) is 5.02 Å². The van der Waals surface area contributed by atoms with E-state index in [-0.39, 0.29) is 18.4 Å². The molecule has 0 saturated heterocycles. The van der Waals surface area contributed by atoms with Crippen molar-refractivity contribution in [1.29, 1.82) is 0 Å². The summed E-state index contributed by atoms with van der Waals surface area (Å²) in [4.78, 5) is 26.3. The zero-order valence-electron chi connectivity index (χ0n) is 10.6. The number of aryl methyl sites for hydroxylation is 1. The Morgan fingerprint density at radius 2 is 2.15 bits per heavy atom. The van der Waals surface area contributed by atoms with Gasteiger partial charge in [0, 0.05) is 0 Å². The quantitative estimate of drug-likeness (QED) is 0.878. The molecule has 2 amide bonds. The van der Waals surface area contributed by atoms with Gasteiger partial charge in [0.15, 0.2) is 0 Å². The van der Waals surface area contributed by atoms with E-state index in [0.29, 0.717) is 21.3 Å². The Morgan fingerprint density at radius 3 is 2.85 bits per heavy atom. The van der Waals surface area contributed by atoms with Crippen LogP contribution in [-0.4, -0.2) is 18.4 Å². The van der Waals surface area contributed by atoms with E-state index in [0.717, 1.165) is 5.56 Å². The fourth-order valence-corrected chi connectivity index (χ4v) is 3.33. The van der Waals surface area contributed by atoms with Crippen molar-refractivity contribution in [2.24, 2.45) is 0 Å². The van der Waals surface area contributed by atoms with Crippen LogP contribution in [0.5, 0.6) is 0 Å². The second-order valence-corrected chi connectivity index (χ2v) is 5.78. The second kappa shape index (κ2) is 4.92. The molecule has 0 saturated carbocycles. The van der Waals surface area contributed by atoms with E-state index >= 15 is 0 Å². The number of nitrogens with one attached hydrogen (secondary N) is 1. The second-order valence-electron chi connectivity index (χ2n) is 4.52. The molecule has 0 aliphatic carbocycles. The predicted octanol–water partition coefficient (Wildman–Crippen LogP) is 3.31. The molecule has 0 spiro atoms. The van der Waals surface area contributed by atoms with Crippen LogP contribution in [0.4, 0.5) is 11.4 Å². The number of anilines is 2. The third kappa shape index (κ3) is 2.09. The number of nitrogens with zero attached hydrogens (tertiary/aromatic N) is 1. The van der Waals surface area contributed by atoms with Crippen LogP contribution in [0.15, 0.2) is 29.6 Å². The molecule has 2 aromatic rings. The van der Waals surface area contributed by atoms with Gasteiger partial charge in [0.25, 0.3) is 5.91 Å². The average molecular weight is 307 g/mol. The highest BCUT2D eigenvalue weighted by atomic mass is 35.5. The molecule has 3 rings (SSSR count). The lowest BCUT2D eigenvalue weighted by Gasteiger charge is -2.28. The molecular formula is C14H11ClN2O2S. The molecule has 1 aliphatic rings. The van der Waals surface area contributed by atoms with Crippen LogP contribution in [0.1, 0.15) is 15.2 Å². The fourth-order valence-electron chi connectivity index (χ4n) is 2.11. The van der Waals surface area contributed by atoms with Crippen molar-refractivity contribution >= 4 is 46.1 Å². The number of thiophene rings is 1. The molecule has 1 aromatic heterocycles. The van der Waals surface area contributed by atoms with Gasteiger partial charge in [-0.1, -0.05) is 23.7 Å². The molecule has 1 aliphatic heterocycles. The minimum absolute atomic E-state index is 0.00310. The van der Waals surface area contributed by atoms with Gasteiger partial charge in [-0.2, -0.15) is 0 Å². The molecule has 0 atom stereocenters. The van der Waals surface area contributed by atoms with E-state index in [9.17, 15) is 9.59 Å². The Morgan fingerprint density at radius 1 is 1.40 bits per heavy atom. The van der Waals surface area contributed by atoms with Crippen LogP contribution in [0, 0.1) is 6.92 Å². The maximum absolute atomic E-state index is 12.6. The van der Waals surface area contributed by atoms with Crippen molar-refractivity contribution in [2.75, 3.05) is 16.8 Å². The highest BCUT2D eigenvalue weighted by Crippen LogP contribution is 2.34. The lowest BCUT2D eigenvalue weighted by atomic mass is 10.2. The van der Waals surface area contributed by atoms with Gasteiger partial charge in [-0.3, -0.25) is 14.5 Å². The molecule has 2 heterocycles. The van der Waals surface area contributed by atoms with Gasteiger partial charge < -0.3 is 5.32 Å². The van der Waals surface area contributed by atoms with Crippen molar-refractivity contribution in [3.8, 4) is 0 Å². The van der Waals surface area contributed by atoms with Crippen molar-refractivity contribution in [2.45, 2.75) is 6.92 Å². The number of fused-ring (bicyclic) bond motifs is 1. The molecule has 0 unspecified atom stereocenters. The summed E-state index contributed by atoms with van der Waals surface area (Å²) in [5.74, 6) is -0.447. The maximum atomic E-state index is 12.6. The highest BCUT2D eigenvalue weighted by molar-refractivity contribution is 7.13. The van der Waals surface area contributed by atoms with Crippen LogP contribution >= 0.6 is 22.9 Å². The van der Waals surface area contributed by atoms with Crippen molar-refractivity contribution < 1.29 is 9.59 Å². The highest BCUT2D eigenvalue weighted by Gasteiger charge is 2.29. The summed E-state index contributed by atoms with van der Waals surface area (Å²) >= 11 is 7.45. The monoisotopic (exact) mass is 306 g/mol. The van der Waals surface area contributed by atoms with Gasteiger partial charge in [0.1, 0.15) is 11.4 Å². The molecule has 6 heteroatoms. The lowest BCUT2D eigenvalue weighted by Crippen LogP contribution is -2.42. The number of hydrogen-bond donors (Lipinski definition) is 1. The van der Waals surface area contributed by atoms with Crippen molar-refractivity contribution in [3.63, 3.8) is 0 Å². The Hall–Kier alpha value is -1.85. The molecule has 0 fully saturated rings. The summed E-state index contributed by atoms with van der Waals surface area (Å²) < 4.78 is 0. The SMILES string of the molecule is Cc1csc(C(=O)N2CC(=O)Nc3ccccc32)c1Cl. The number of para-hydroxylation sites is 2. The van der Waals surface area contributed by atoms with Crippen LogP contribution in [0.25, 0.3) is 0 Å². The number of amides is 2. The minimum atomic E-state index is -0.240. The molecule has 4 nitrogen and oxygen atoms in total. The van der Waals surface area contributed by atoms with E-state index < -0.39 is 0 Å². The molecule has 102 valence electrons. The van der Waals surface area contributed by atoms with Gasteiger partial charge in [0.05, 0.1) is 16.4 Å². The number of benzene rings is 1. The van der Waals surface area contributed by atoms with Crippen LogP contribution < -0.4 is 10.2 Å². The third-order valence-corrected chi connectivity index (χ3v) is 4.79. The first-order chi connectivity index (χ1) is 9.58. The molecule has 1 N–H and O–H groups in total. The number of rotatable bonds is 1. The summed E-state index contributed by atoms with van der Waals surface area (Å²) in [6, 6.07) is 7.22. The van der Waals surface area contributed by atoms with Crippen molar-refractivity contribution in [1.82, 2.24) is 0 Å². The van der Waals surface area contributed by atoms with E-state index in [1.165, 1.54) is 16.2 Å². The molecule has 20 heavy (non-hydrogen) atoms. The first kappa shape index (κ1) is 13.1. The van der Waals surface area contributed by atoms with E-state index in [1.54, 1.807) is 12.1 Å². The topological polar surface area (TPSA) is 49.4 Å². The Bertz CT molecular complexity index is 711. The van der Waals surface area contributed by atoms with Gasteiger partial charge in [-0.25, -0.2) is 0 Å². The minimum Gasteiger partial charge on any atom is -0.323 e. The number of carbonyl (C=O) groups is 2. The predicted molar refractivity (Wildman–Crippen MR) is 80.8 cm³/mol. The van der Waals surface area contributed by atoms with Gasteiger partial charge in [0.2, 0.25) is 5.91 Å². The number of hydrogen-bond acceptors (Lipinski definition) is 3. The van der Waals surface area contributed by atoms with Crippen molar-refractivity contribution in [3.05, 3.63) is 45.1 Å². The normalized spacial score (nSPS) is 13.9. The molecular weight excluding hydrogens is 296 g/mol. The maximum Gasteiger partial charge on any atom is 0.270 e. The fraction of sp³-hybridized carbons (Fsp3) is 0.143. The number of carbonyl (C=O) groups excluding carboxylic acids is 2. The Labute approximate surface area is 125 Å². The standard InChI is InChI=1S/C14H11ClN2O2S/c1-8-7-20-13(12(8)15)14(19)17-6-11(18)16-9-4-2-3-5-10(9)17/h2-5,7H,6H2,1H3,(H,16,18). The lowest BCUT2D eigenvalue weighted by molar-refractivity contribution is -0.115. The van der Waals surface area contributed by atoms with Gasteiger partial charge >= 0.3 is 0 Å². The molecule has 1 aromatic carbocycles. The summed E-state index contributed by atoms with van der Waals surface area (Å²) in [5, 5.41) is 5.05. The summed E-state index contributed by atoms with van der Waals surface area (Å²) in [6.45, 7) is 1.86. The largest absolute Gasteiger partial charge is 0.323 e. The Kier molecular flexibility index (Phi) is 3.23. The molecule has 0 radical (unpaired) electrons. The zero-order chi connectivity index (χ0) is 14.3. The Balaban J connectivity index is 2.04. The summed E-state index contributed by atoms with van der Waals surface area (Å²) in [5.41, 5.74) is 2.20. The molecule has 0 bridgehead atoms. The zero-order valence-corrected chi connectivity index (χ0v) is 12.2. The van der Waals surface area contributed by atoms with Gasteiger partial charge in [-0.15, -0.1) is 11.3 Å². The van der Waals surface area contributed by atoms with E-state index in [2.05, 4.69) is 5.32 Å².